The molecule has 0 radical (unpaired) electrons. The molecule has 2 aromatic carbocycles. The molecule has 2 aromatic rings. The van der Waals surface area contributed by atoms with Crippen LogP contribution >= 0.6 is 0 Å². The van der Waals surface area contributed by atoms with Gasteiger partial charge in [0.1, 0.15) is 0 Å². The molecule has 0 bridgehead atoms. The normalized spacial score (nSPS) is 21.6. The van der Waals surface area contributed by atoms with Gasteiger partial charge in [0.25, 0.3) is 0 Å². The van der Waals surface area contributed by atoms with Crippen molar-refractivity contribution in [3.05, 3.63) is 80.9 Å². The summed E-state index contributed by atoms with van der Waals surface area (Å²) in [5.74, 6) is -0.0256. The Morgan fingerprint density at radius 2 is 1.46 bits per heavy atom. The van der Waals surface area contributed by atoms with Crippen LogP contribution in [0.5, 0.6) is 0 Å². The SMILES string of the molecule is CCCC(C)C1=C[CH]([Zr+2]([CH]2C=Cc3cc4c(cc32)CCC4)[SiH](C)C)c2cc3c(cc21)CCC3.[Cl-].[Cl-]. The summed E-state index contributed by atoms with van der Waals surface area (Å²) in [4.78, 5) is 0. The maximum absolute atomic E-state index is 2.85. The third-order valence-corrected chi connectivity index (χ3v) is 30.4. The molecule has 4 aliphatic rings. The van der Waals surface area contributed by atoms with Crippen LogP contribution in [0.1, 0.15) is 91.3 Å². The zero-order chi connectivity index (χ0) is 22.7. The van der Waals surface area contributed by atoms with Crippen molar-refractivity contribution in [1.29, 1.82) is 0 Å². The largest absolute Gasteiger partial charge is 1.00 e. The fourth-order valence-corrected chi connectivity index (χ4v) is 28.4. The summed E-state index contributed by atoms with van der Waals surface area (Å²) < 4.78 is 1.59. The van der Waals surface area contributed by atoms with Crippen molar-refractivity contribution >= 4 is 17.6 Å². The van der Waals surface area contributed by atoms with Gasteiger partial charge < -0.3 is 24.8 Å². The first-order valence-electron chi connectivity index (χ1n) is 13.6. The number of halogens is 2. The van der Waals surface area contributed by atoms with Crippen LogP contribution in [0.25, 0.3) is 11.6 Å². The Morgan fingerprint density at radius 3 is 2.09 bits per heavy atom. The first-order valence-corrected chi connectivity index (χ1v) is 23.6. The second-order valence-electron chi connectivity index (χ2n) is 11.4. The summed E-state index contributed by atoms with van der Waals surface area (Å²) in [5.41, 5.74) is 15.1. The number of benzene rings is 2. The van der Waals surface area contributed by atoms with Gasteiger partial charge in [-0.25, -0.2) is 0 Å². The zero-order valence-corrected chi connectivity index (χ0v) is 26.9. The second-order valence-corrected chi connectivity index (χ2v) is 31.7. The van der Waals surface area contributed by atoms with E-state index in [0.717, 1.165) is 7.25 Å². The molecule has 3 atom stereocenters. The van der Waals surface area contributed by atoms with Crippen LogP contribution in [-0.2, 0) is 46.6 Å². The van der Waals surface area contributed by atoms with Gasteiger partial charge in [-0.15, -0.1) is 0 Å². The number of fused-ring (bicyclic) bond motifs is 4. The van der Waals surface area contributed by atoms with Gasteiger partial charge in [-0.2, -0.15) is 0 Å². The van der Waals surface area contributed by atoms with Gasteiger partial charge >= 0.3 is 211 Å². The molecule has 0 amide bonds. The van der Waals surface area contributed by atoms with Crippen LogP contribution in [-0.4, -0.2) is 5.92 Å². The maximum atomic E-state index is 2.85. The Balaban J connectivity index is 0.00000144. The van der Waals surface area contributed by atoms with E-state index in [-0.39, 0.29) is 24.8 Å². The van der Waals surface area contributed by atoms with Crippen LogP contribution in [0.4, 0.5) is 0 Å². The van der Waals surface area contributed by atoms with Gasteiger partial charge in [-0.05, 0) is 0 Å². The predicted octanol–water partition coefficient (Wildman–Crippen LogP) is 1.92. The van der Waals surface area contributed by atoms with Gasteiger partial charge in [-0.3, -0.25) is 0 Å². The molecule has 0 nitrogen and oxygen atoms in total. The molecule has 0 heterocycles. The zero-order valence-electron chi connectivity index (χ0n) is 21.8. The molecule has 0 saturated heterocycles. The topological polar surface area (TPSA) is 0 Å². The van der Waals surface area contributed by atoms with Crippen molar-refractivity contribution in [2.45, 2.75) is 85.6 Å². The Labute approximate surface area is 234 Å². The maximum Gasteiger partial charge on any atom is -1.00 e. The van der Waals surface area contributed by atoms with Gasteiger partial charge in [-0.1, -0.05) is 0 Å². The summed E-state index contributed by atoms with van der Waals surface area (Å²) in [7, 11) is 0. The number of rotatable bonds is 6. The minimum Gasteiger partial charge on any atom is -1.00 e. The van der Waals surface area contributed by atoms with Crippen LogP contribution in [0.15, 0.2) is 36.4 Å². The Morgan fingerprint density at radius 1 is 0.857 bits per heavy atom. The molecule has 35 heavy (non-hydrogen) atoms. The third-order valence-electron chi connectivity index (χ3n) is 8.99. The summed E-state index contributed by atoms with van der Waals surface area (Å²) in [5, 5.41) is 0. The van der Waals surface area contributed by atoms with E-state index in [0.29, 0.717) is 5.92 Å². The average Bonchev–Trinajstić information content (AvgIpc) is 3.57. The summed E-state index contributed by atoms with van der Waals surface area (Å²) in [6.07, 6.45) is 18.6. The van der Waals surface area contributed by atoms with Gasteiger partial charge in [0.2, 0.25) is 0 Å². The van der Waals surface area contributed by atoms with Crippen molar-refractivity contribution < 1.29 is 45.7 Å². The number of allylic oxidation sites excluding steroid dienone is 3. The van der Waals surface area contributed by atoms with E-state index in [9.17, 15) is 0 Å². The van der Waals surface area contributed by atoms with E-state index < -0.39 is 26.8 Å². The Kier molecular flexibility index (Phi) is 8.80. The smallest absolute Gasteiger partial charge is 1.00 e. The summed E-state index contributed by atoms with van der Waals surface area (Å²) >= 11 is -1.82. The van der Waals surface area contributed by atoms with E-state index in [2.05, 4.69) is 69.4 Å². The fourth-order valence-electron chi connectivity index (χ4n) is 7.39. The van der Waals surface area contributed by atoms with E-state index in [1.165, 1.54) is 51.4 Å². The minimum atomic E-state index is -1.82. The number of aryl methyl sites for hydroxylation is 4. The molecule has 0 spiro atoms. The van der Waals surface area contributed by atoms with E-state index in [1.807, 2.05) is 0 Å². The van der Waals surface area contributed by atoms with Crippen molar-refractivity contribution in [3.63, 3.8) is 0 Å². The van der Waals surface area contributed by atoms with Gasteiger partial charge in [0.15, 0.2) is 0 Å². The third kappa shape index (κ3) is 4.80. The van der Waals surface area contributed by atoms with E-state index in [4.69, 9.17) is 0 Å². The Hall–Kier alpha value is -0.400. The standard InChI is InChI=1S/C17H21.C12H11.C2H7Si.2ClH.Zr/c1-3-5-12(2)16-9-8-15-10-13-6-4-7-14(13)11-17(15)16;1-3-9-7-11-5-2-6-12(11)8-10(9)4-1;1-3-2;;;/h8-12H,3-7H2,1-2H3;1,3-4,7-8H,2,5-6H2;3H,1-2H3;2*1H;/q;;;;;+2/p-2. The quantitative estimate of drug-likeness (QED) is 0.444. The van der Waals surface area contributed by atoms with Crippen molar-refractivity contribution in [2.75, 3.05) is 0 Å². The Bertz CT molecular complexity index is 1170. The summed E-state index contributed by atoms with van der Waals surface area (Å²) in [6, 6.07) is 10.6. The predicted molar refractivity (Wildman–Crippen MR) is 142 cm³/mol. The molecule has 3 unspecified atom stereocenters. The first kappa shape index (κ1) is 27.6. The molecular weight excluding hydrogens is 563 g/mol. The fraction of sp³-hybridized carbons (Fsp3) is 0.484. The molecule has 0 aromatic heterocycles. The molecule has 4 heteroatoms. The van der Waals surface area contributed by atoms with Crippen molar-refractivity contribution in [3.8, 4) is 0 Å². The summed E-state index contributed by atoms with van der Waals surface area (Å²) in [6.45, 7) is 10.2. The number of hydrogen-bond acceptors (Lipinski definition) is 0. The molecule has 185 valence electrons. The van der Waals surface area contributed by atoms with Crippen LogP contribution in [0, 0.1) is 5.92 Å². The molecule has 0 aliphatic heterocycles. The molecule has 0 saturated carbocycles. The monoisotopic (exact) mass is 599 g/mol. The average molecular weight is 602 g/mol. The minimum absolute atomic E-state index is 0. The number of hydrogen-bond donors (Lipinski definition) is 0. The van der Waals surface area contributed by atoms with E-state index in [1.54, 1.807) is 50.1 Å². The van der Waals surface area contributed by atoms with Crippen LogP contribution < -0.4 is 24.8 Å². The second kappa shape index (κ2) is 11.1. The molecule has 0 fully saturated rings. The van der Waals surface area contributed by atoms with E-state index >= 15 is 0 Å². The first-order chi connectivity index (χ1) is 16.0. The van der Waals surface area contributed by atoms with Crippen LogP contribution in [0.3, 0.4) is 0 Å². The molecule has 4 aliphatic carbocycles. The van der Waals surface area contributed by atoms with Crippen LogP contribution in [0.2, 0.25) is 13.1 Å². The van der Waals surface area contributed by atoms with Crippen molar-refractivity contribution in [1.82, 2.24) is 0 Å². The van der Waals surface area contributed by atoms with Gasteiger partial charge in [0, 0.05) is 0 Å². The molecular formula is C31H39Cl2SiZr. The molecule has 0 N–H and O–H groups in total. The molecule has 6 rings (SSSR count). The van der Waals surface area contributed by atoms with Gasteiger partial charge in [0.05, 0.1) is 0 Å². The van der Waals surface area contributed by atoms with Crippen molar-refractivity contribution in [2.24, 2.45) is 5.92 Å².